The highest BCUT2D eigenvalue weighted by Crippen LogP contribution is 2.33. The van der Waals surface area contributed by atoms with E-state index in [9.17, 15) is 4.79 Å². The van der Waals surface area contributed by atoms with Crippen LogP contribution in [0.15, 0.2) is 48.5 Å². The molecule has 2 aromatic rings. The van der Waals surface area contributed by atoms with Gasteiger partial charge >= 0.3 is 5.97 Å². The molecule has 0 fully saturated rings. The Morgan fingerprint density at radius 3 is 2.78 bits per heavy atom. The Kier molecular flexibility index (Phi) is 2.68. The van der Waals surface area contributed by atoms with E-state index in [1.54, 1.807) is 36.4 Å². The number of ether oxygens (including phenoxy) is 2. The number of cyclic esters (lactones) is 1. The Balaban J connectivity index is 1.90. The number of rotatable bonds is 2. The van der Waals surface area contributed by atoms with Crippen LogP contribution < -0.4 is 4.74 Å². The van der Waals surface area contributed by atoms with Crippen LogP contribution in [0.25, 0.3) is 0 Å². The van der Waals surface area contributed by atoms with Crippen LogP contribution in [0.1, 0.15) is 22.2 Å². The summed E-state index contributed by atoms with van der Waals surface area (Å²) >= 11 is 5.87. The van der Waals surface area contributed by atoms with Crippen molar-refractivity contribution in [2.24, 2.45) is 0 Å². The molecule has 3 nitrogen and oxygen atoms in total. The van der Waals surface area contributed by atoms with E-state index in [1.807, 2.05) is 12.1 Å². The molecule has 1 aliphatic rings. The number of hydrogen-bond acceptors (Lipinski definition) is 3. The number of esters is 1. The molecule has 1 unspecified atom stereocenters. The van der Waals surface area contributed by atoms with E-state index in [-0.39, 0.29) is 5.97 Å². The highest BCUT2D eigenvalue weighted by atomic mass is 35.5. The van der Waals surface area contributed by atoms with E-state index in [0.29, 0.717) is 16.3 Å². The standard InChI is InChI=1S/C14H9ClO3/c15-9-4-3-5-10(8-9)17-14-12-7-2-1-6-11(12)13(16)18-14/h1-8,14H. The molecule has 0 bridgehead atoms. The molecule has 90 valence electrons. The van der Waals surface area contributed by atoms with Crippen molar-refractivity contribution in [1.29, 1.82) is 0 Å². The largest absolute Gasteiger partial charge is 0.450 e. The molecule has 0 saturated carbocycles. The quantitative estimate of drug-likeness (QED) is 0.774. The van der Waals surface area contributed by atoms with E-state index < -0.39 is 6.29 Å². The van der Waals surface area contributed by atoms with Gasteiger partial charge in [0.25, 0.3) is 6.29 Å². The minimum Gasteiger partial charge on any atom is -0.450 e. The molecule has 3 rings (SSSR count). The van der Waals surface area contributed by atoms with Crippen molar-refractivity contribution in [2.45, 2.75) is 6.29 Å². The maximum Gasteiger partial charge on any atom is 0.342 e. The van der Waals surface area contributed by atoms with E-state index >= 15 is 0 Å². The van der Waals surface area contributed by atoms with Gasteiger partial charge in [0, 0.05) is 10.6 Å². The maximum atomic E-state index is 11.6. The van der Waals surface area contributed by atoms with Crippen molar-refractivity contribution in [3.05, 3.63) is 64.7 Å². The average Bonchev–Trinajstić information content (AvgIpc) is 2.67. The fraction of sp³-hybridized carbons (Fsp3) is 0.0714. The molecule has 0 aliphatic carbocycles. The van der Waals surface area contributed by atoms with Crippen molar-refractivity contribution in [2.75, 3.05) is 0 Å². The second-order valence-corrected chi connectivity index (χ2v) is 4.34. The number of fused-ring (bicyclic) bond motifs is 1. The van der Waals surface area contributed by atoms with Crippen LogP contribution in [0, 0.1) is 0 Å². The van der Waals surface area contributed by atoms with Crippen molar-refractivity contribution in [3.63, 3.8) is 0 Å². The summed E-state index contributed by atoms with van der Waals surface area (Å²) in [5.74, 6) is 0.203. The summed E-state index contributed by atoms with van der Waals surface area (Å²) in [5.41, 5.74) is 1.28. The predicted molar refractivity (Wildman–Crippen MR) is 66.7 cm³/mol. The molecule has 0 radical (unpaired) electrons. The fourth-order valence-electron chi connectivity index (χ4n) is 1.86. The first-order chi connectivity index (χ1) is 8.74. The van der Waals surface area contributed by atoms with Gasteiger partial charge in [-0.3, -0.25) is 0 Å². The SMILES string of the molecule is O=C1OC(Oc2cccc(Cl)c2)c2ccccc21. The first-order valence-electron chi connectivity index (χ1n) is 5.46. The Hall–Kier alpha value is -2.00. The van der Waals surface area contributed by atoms with Gasteiger partial charge in [-0.15, -0.1) is 0 Å². The zero-order valence-corrected chi connectivity index (χ0v) is 10.1. The van der Waals surface area contributed by atoms with Gasteiger partial charge in [0.05, 0.1) is 5.56 Å². The molecule has 4 heteroatoms. The number of carbonyl (C=O) groups is 1. The van der Waals surface area contributed by atoms with Crippen LogP contribution in [0.3, 0.4) is 0 Å². The van der Waals surface area contributed by atoms with Crippen LogP contribution >= 0.6 is 11.6 Å². The average molecular weight is 261 g/mol. The van der Waals surface area contributed by atoms with Crippen molar-refractivity contribution in [3.8, 4) is 5.75 Å². The molecular formula is C14H9ClO3. The Labute approximate surface area is 109 Å². The molecular weight excluding hydrogens is 252 g/mol. The van der Waals surface area contributed by atoms with Gasteiger partial charge in [0.1, 0.15) is 5.75 Å². The van der Waals surface area contributed by atoms with Crippen LogP contribution in [0.2, 0.25) is 5.02 Å². The number of carbonyl (C=O) groups excluding carboxylic acids is 1. The third-order valence-electron chi connectivity index (χ3n) is 2.69. The molecule has 1 heterocycles. The number of hydrogen-bond donors (Lipinski definition) is 0. The lowest BCUT2D eigenvalue weighted by atomic mass is 10.1. The van der Waals surface area contributed by atoms with E-state index in [0.717, 1.165) is 5.56 Å². The van der Waals surface area contributed by atoms with E-state index in [2.05, 4.69) is 0 Å². The smallest absolute Gasteiger partial charge is 0.342 e. The van der Waals surface area contributed by atoms with Crippen LogP contribution in [0.4, 0.5) is 0 Å². The first kappa shape index (κ1) is 11.1. The number of halogens is 1. The highest BCUT2D eigenvalue weighted by Gasteiger charge is 2.32. The van der Waals surface area contributed by atoms with Crippen LogP contribution in [-0.2, 0) is 4.74 Å². The predicted octanol–water partition coefficient (Wildman–Crippen LogP) is 3.59. The molecule has 1 aliphatic heterocycles. The van der Waals surface area contributed by atoms with Crippen molar-refractivity contribution in [1.82, 2.24) is 0 Å². The molecule has 0 amide bonds. The summed E-state index contributed by atoms with van der Waals surface area (Å²) in [7, 11) is 0. The summed E-state index contributed by atoms with van der Waals surface area (Å²) in [5, 5.41) is 0.574. The molecule has 2 aromatic carbocycles. The Bertz CT molecular complexity index is 609. The maximum absolute atomic E-state index is 11.6. The molecule has 1 atom stereocenters. The monoisotopic (exact) mass is 260 g/mol. The van der Waals surface area contributed by atoms with Gasteiger partial charge in [-0.2, -0.15) is 0 Å². The molecule has 0 N–H and O–H groups in total. The minimum atomic E-state index is -0.702. The van der Waals surface area contributed by atoms with Gasteiger partial charge in [-0.1, -0.05) is 35.9 Å². The second kappa shape index (κ2) is 4.35. The second-order valence-electron chi connectivity index (χ2n) is 3.90. The third-order valence-corrected chi connectivity index (χ3v) is 2.92. The van der Waals surface area contributed by atoms with E-state index in [1.165, 1.54) is 0 Å². The van der Waals surface area contributed by atoms with Gasteiger partial charge < -0.3 is 9.47 Å². The van der Waals surface area contributed by atoms with Gasteiger partial charge in [-0.05, 0) is 24.3 Å². The lowest BCUT2D eigenvalue weighted by Crippen LogP contribution is -2.06. The lowest BCUT2D eigenvalue weighted by Gasteiger charge is -2.13. The zero-order valence-electron chi connectivity index (χ0n) is 9.30. The summed E-state index contributed by atoms with van der Waals surface area (Å²) in [6, 6.07) is 14.1. The zero-order chi connectivity index (χ0) is 12.5. The molecule has 0 saturated heterocycles. The fourth-order valence-corrected chi connectivity index (χ4v) is 2.04. The van der Waals surface area contributed by atoms with E-state index in [4.69, 9.17) is 21.1 Å². The van der Waals surface area contributed by atoms with Crippen LogP contribution in [-0.4, -0.2) is 5.97 Å². The van der Waals surface area contributed by atoms with Crippen molar-refractivity contribution < 1.29 is 14.3 Å². The Morgan fingerprint density at radius 1 is 1.11 bits per heavy atom. The number of benzene rings is 2. The normalized spacial score (nSPS) is 17.2. The summed E-state index contributed by atoms with van der Waals surface area (Å²) in [6.45, 7) is 0. The van der Waals surface area contributed by atoms with Gasteiger partial charge in [-0.25, -0.2) is 4.79 Å². The van der Waals surface area contributed by atoms with Crippen LogP contribution in [0.5, 0.6) is 5.75 Å². The summed E-state index contributed by atoms with van der Waals surface area (Å²) in [6.07, 6.45) is -0.702. The van der Waals surface area contributed by atoms with Crippen molar-refractivity contribution >= 4 is 17.6 Å². The van der Waals surface area contributed by atoms with Gasteiger partial charge in [0.2, 0.25) is 0 Å². The molecule has 0 aromatic heterocycles. The third kappa shape index (κ3) is 1.93. The molecule has 0 spiro atoms. The lowest BCUT2D eigenvalue weighted by molar-refractivity contribution is -0.0381. The Morgan fingerprint density at radius 2 is 1.94 bits per heavy atom. The van der Waals surface area contributed by atoms with Gasteiger partial charge in [0.15, 0.2) is 0 Å². The summed E-state index contributed by atoms with van der Waals surface area (Å²) in [4.78, 5) is 11.6. The minimum absolute atomic E-state index is 0.363. The summed E-state index contributed by atoms with van der Waals surface area (Å²) < 4.78 is 10.8. The first-order valence-corrected chi connectivity index (χ1v) is 5.84. The highest BCUT2D eigenvalue weighted by molar-refractivity contribution is 6.30. The topological polar surface area (TPSA) is 35.5 Å². The molecule has 18 heavy (non-hydrogen) atoms.